The molecule has 1 aromatic carbocycles. The van der Waals surface area contributed by atoms with Crippen LogP contribution in [0.1, 0.15) is 43.2 Å². The highest BCUT2D eigenvalue weighted by Crippen LogP contribution is 2.33. The largest absolute Gasteiger partial charge is 0.338 e. The van der Waals surface area contributed by atoms with Crippen LogP contribution in [-0.2, 0) is 17.9 Å². The summed E-state index contributed by atoms with van der Waals surface area (Å²) in [7, 11) is 0. The highest BCUT2D eigenvalue weighted by molar-refractivity contribution is 5.79. The first-order chi connectivity index (χ1) is 13.8. The van der Waals surface area contributed by atoms with Gasteiger partial charge in [0.25, 0.3) is 0 Å². The maximum atomic E-state index is 13.3. The predicted molar refractivity (Wildman–Crippen MR) is 111 cm³/mol. The molecule has 0 N–H and O–H groups in total. The monoisotopic (exact) mass is 377 g/mol. The number of hydrogen-bond acceptors (Lipinski definition) is 3. The fourth-order valence-electron chi connectivity index (χ4n) is 4.80. The minimum absolute atomic E-state index is 0.215. The molecule has 0 saturated carbocycles. The van der Waals surface area contributed by atoms with Crippen molar-refractivity contribution in [3.8, 4) is 0 Å². The zero-order valence-electron chi connectivity index (χ0n) is 16.7. The Hall–Kier alpha value is -2.20. The highest BCUT2D eigenvalue weighted by atomic mass is 16.2. The van der Waals surface area contributed by atoms with Crippen LogP contribution in [0.4, 0.5) is 0 Å². The van der Waals surface area contributed by atoms with Gasteiger partial charge in [-0.05, 0) is 61.9 Å². The Morgan fingerprint density at radius 2 is 1.64 bits per heavy atom. The number of rotatable bonds is 5. The molecular weight excluding hydrogens is 346 g/mol. The lowest BCUT2D eigenvalue weighted by Gasteiger charge is -2.36. The highest BCUT2D eigenvalue weighted by Gasteiger charge is 2.35. The molecule has 0 aliphatic carbocycles. The van der Waals surface area contributed by atoms with E-state index in [1.165, 1.54) is 17.5 Å². The third-order valence-electron chi connectivity index (χ3n) is 6.37. The smallest absolute Gasteiger partial charge is 0.226 e. The average molecular weight is 378 g/mol. The molecule has 148 valence electrons. The number of likely N-dealkylation sites (tertiary alicyclic amines) is 2. The first kappa shape index (κ1) is 19.1. The lowest BCUT2D eigenvalue weighted by molar-refractivity contribution is -0.138. The van der Waals surface area contributed by atoms with Crippen LogP contribution in [0.5, 0.6) is 0 Å². The topological polar surface area (TPSA) is 36.4 Å². The number of aromatic nitrogens is 1. The summed E-state index contributed by atoms with van der Waals surface area (Å²) in [5.74, 6) is 1.15. The van der Waals surface area contributed by atoms with Gasteiger partial charge < -0.3 is 4.90 Å². The maximum Gasteiger partial charge on any atom is 0.226 e. The predicted octanol–water partition coefficient (Wildman–Crippen LogP) is 4.12. The third kappa shape index (κ3) is 4.79. The van der Waals surface area contributed by atoms with Crippen LogP contribution in [0.25, 0.3) is 0 Å². The summed E-state index contributed by atoms with van der Waals surface area (Å²) >= 11 is 0. The summed E-state index contributed by atoms with van der Waals surface area (Å²) in [6.45, 7) is 4.81. The van der Waals surface area contributed by atoms with Crippen LogP contribution in [0.2, 0.25) is 0 Å². The maximum absolute atomic E-state index is 13.3. The summed E-state index contributed by atoms with van der Waals surface area (Å²) in [6.07, 6.45) is 9.44. The number of pyridine rings is 1. The second kappa shape index (κ2) is 9.33. The number of carbonyl (C=O) groups is 1. The molecule has 2 saturated heterocycles. The van der Waals surface area contributed by atoms with Crippen molar-refractivity contribution in [1.29, 1.82) is 0 Å². The zero-order chi connectivity index (χ0) is 19.2. The molecule has 2 aliphatic heterocycles. The standard InChI is InChI=1S/C24H31N3O/c28-24-23(10-4-5-14-27(24)19-20-7-2-1-3-8-20)22-11-15-26(16-12-22)18-21-9-6-13-25-17-21/h1-3,6-9,13,17,22-23H,4-5,10-12,14-16,18-19H2/t23-/m1/s1. The van der Waals surface area contributed by atoms with Gasteiger partial charge in [-0.25, -0.2) is 0 Å². The lowest BCUT2D eigenvalue weighted by atomic mass is 9.81. The number of amides is 1. The van der Waals surface area contributed by atoms with Crippen LogP contribution < -0.4 is 0 Å². The van der Waals surface area contributed by atoms with Gasteiger partial charge in [0.1, 0.15) is 0 Å². The van der Waals surface area contributed by atoms with Crippen LogP contribution in [0.15, 0.2) is 54.9 Å². The molecule has 4 heteroatoms. The summed E-state index contributed by atoms with van der Waals surface area (Å²) in [4.78, 5) is 22.2. The molecule has 28 heavy (non-hydrogen) atoms. The van der Waals surface area contributed by atoms with Gasteiger partial charge in [-0.15, -0.1) is 0 Å². The molecule has 2 aliphatic rings. The molecule has 2 aromatic rings. The van der Waals surface area contributed by atoms with E-state index in [-0.39, 0.29) is 5.92 Å². The fraction of sp³-hybridized carbons (Fsp3) is 0.500. The molecule has 4 rings (SSSR count). The van der Waals surface area contributed by atoms with Crippen molar-refractivity contribution in [1.82, 2.24) is 14.8 Å². The Labute approximate surface area is 168 Å². The van der Waals surface area contributed by atoms with Crippen LogP contribution in [0, 0.1) is 11.8 Å². The minimum atomic E-state index is 0.215. The molecule has 4 nitrogen and oxygen atoms in total. The molecule has 2 fully saturated rings. The summed E-state index contributed by atoms with van der Waals surface area (Å²) < 4.78 is 0. The van der Waals surface area contributed by atoms with Gasteiger partial charge in [0.05, 0.1) is 0 Å². The second-order valence-corrected chi connectivity index (χ2v) is 8.32. The Bertz CT molecular complexity index is 741. The van der Waals surface area contributed by atoms with Gasteiger partial charge >= 0.3 is 0 Å². The molecular formula is C24H31N3O. The third-order valence-corrected chi connectivity index (χ3v) is 6.37. The normalized spacial score (nSPS) is 22.2. The number of hydrogen-bond donors (Lipinski definition) is 0. The van der Waals surface area contributed by atoms with E-state index in [1.807, 2.05) is 24.5 Å². The summed E-state index contributed by atoms with van der Waals surface area (Å²) in [5.41, 5.74) is 2.52. The molecule has 3 heterocycles. The van der Waals surface area contributed by atoms with Crippen molar-refractivity contribution in [2.45, 2.75) is 45.2 Å². The van der Waals surface area contributed by atoms with E-state index < -0.39 is 0 Å². The van der Waals surface area contributed by atoms with Crippen LogP contribution >= 0.6 is 0 Å². The molecule has 0 unspecified atom stereocenters. The molecule has 1 amide bonds. The quantitative estimate of drug-likeness (QED) is 0.786. The van der Waals surface area contributed by atoms with E-state index in [9.17, 15) is 4.79 Å². The first-order valence-corrected chi connectivity index (χ1v) is 10.7. The first-order valence-electron chi connectivity index (χ1n) is 10.7. The lowest BCUT2D eigenvalue weighted by Crippen LogP contribution is -2.42. The Kier molecular flexibility index (Phi) is 6.38. The second-order valence-electron chi connectivity index (χ2n) is 8.32. The van der Waals surface area contributed by atoms with Gasteiger partial charge in [-0.2, -0.15) is 0 Å². The van der Waals surface area contributed by atoms with Crippen LogP contribution in [0.3, 0.4) is 0 Å². The fourth-order valence-corrected chi connectivity index (χ4v) is 4.80. The number of piperidine rings is 1. The van der Waals surface area contributed by atoms with Gasteiger partial charge in [0.15, 0.2) is 0 Å². The van der Waals surface area contributed by atoms with Crippen molar-refractivity contribution in [3.63, 3.8) is 0 Å². The van der Waals surface area contributed by atoms with Crippen molar-refractivity contribution < 1.29 is 4.79 Å². The molecule has 0 bridgehead atoms. The molecule has 0 radical (unpaired) electrons. The average Bonchev–Trinajstić information content (AvgIpc) is 2.92. The van der Waals surface area contributed by atoms with Gasteiger partial charge in [-0.3, -0.25) is 14.7 Å². The summed E-state index contributed by atoms with van der Waals surface area (Å²) in [5, 5.41) is 0. The molecule has 1 aromatic heterocycles. The zero-order valence-corrected chi connectivity index (χ0v) is 16.7. The van der Waals surface area contributed by atoms with E-state index >= 15 is 0 Å². The van der Waals surface area contributed by atoms with Crippen LogP contribution in [-0.4, -0.2) is 40.3 Å². The Morgan fingerprint density at radius 1 is 0.857 bits per heavy atom. The summed E-state index contributed by atoms with van der Waals surface area (Å²) in [6, 6.07) is 14.6. The van der Waals surface area contributed by atoms with E-state index in [0.717, 1.165) is 58.4 Å². The number of benzene rings is 1. The van der Waals surface area contributed by atoms with Gasteiger partial charge in [0, 0.05) is 37.9 Å². The minimum Gasteiger partial charge on any atom is -0.338 e. The van der Waals surface area contributed by atoms with Crippen molar-refractivity contribution >= 4 is 5.91 Å². The Morgan fingerprint density at radius 3 is 2.39 bits per heavy atom. The molecule has 0 spiro atoms. The van der Waals surface area contributed by atoms with E-state index in [0.29, 0.717) is 11.8 Å². The van der Waals surface area contributed by atoms with E-state index in [4.69, 9.17) is 0 Å². The van der Waals surface area contributed by atoms with Crippen molar-refractivity contribution in [2.24, 2.45) is 11.8 Å². The van der Waals surface area contributed by atoms with Crippen molar-refractivity contribution in [3.05, 3.63) is 66.0 Å². The van der Waals surface area contributed by atoms with Gasteiger partial charge in [0.2, 0.25) is 5.91 Å². The Balaban J connectivity index is 1.35. The van der Waals surface area contributed by atoms with Gasteiger partial charge in [-0.1, -0.05) is 42.8 Å². The van der Waals surface area contributed by atoms with E-state index in [2.05, 4.69) is 45.1 Å². The number of nitrogens with zero attached hydrogens (tertiary/aromatic N) is 3. The number of carbonyl (C=O) groups excluding carboxylic acids is 1. The SMILES string of the molecule is O=C1[C@@H](C2CCN(Cc3cccnc3)CC2)CCCCN1Cc1ccccc1. The molecule has 1 atom stereocenters. The van der Waals surface area contributed by atoms with Crippen molar-refractivity contribution in [2.75, 3.05) is 19.6 Å². The van der Waals surface area contributed by atoms with E-state index in [1.54, 1.807) is 0 Å².